The third-order valence-corrected chi connectivity index (χ3v) is 6.70. The number of sulfonamides is 1. The molecule has 148 valence electrons. The summed E-state index contributed by atoms with van der Waals surface area (Å²) in [6.45, 7) is 3.66. The number of fused-ring (bicyclic) bond motifs is 1. The summed E-state index contributed by atoms with van der Waals surface area (Å²) in [5.74, 6) is 0.620. The van der Waals surface area contributed by atoms with Crippen molar-refractivity contribution in [2.45, 2.75) is 31.3 Å². The molecule has 7 heteroatoms. The molecule has 0 N–H and O–H groups in total. The van der Waals surface area contributed by atoms with Gasteiger partial charge in [0.25, 0.3) is 0 Å². The molecule has 1 heterocycles. The van der Waals surface area contributed by atoms with E-state index in [0.29, 0.717) is 5.89 Å². The van der Waals surface area contributed by atoms with Crippen LogP contribution in [-0.2, 0) is 16.6 Å². The largest absolute Gasteiger partial charge is 0.419 e. The second kappa shape index (κ2) is 7.77. The van der Waals surface area contributed by atoms with Crippen LogP contribution in [0.4, 0.5) is 0 Å². The summed E-state index contributed by atoms with van der Waals surface area (Å²) >= 11 is 0. The zero-order valence-electron chi connectivity index (χ0n) is 16.2. The molecule has 0 unspecified atom stereocenters. The summed E-state index contributed by atoms with van der Waals surface area (Å²) in [7, 11) is -3.74. The Kier molecular flexibility index (Phi) is 5.17. The molecule has 4 aromatic rings. The van der Waals surface area contributed by atoms with E-state index in [4.69, 9.17) is 4.42 Å². The van der Waals surface area contributed by atoms with Crippen LogP contribution in [0.2, 0.25) is 0 Å². The predicted octanol–water partition coefficient (Wildman–Crippen LogP) is 4.49. The molecule has 0 saturated heterocycles. The van der Waals surface area contributed by atoms with Gasteiger partial charge in [-0.2, -0.15) is 4.31 Å². The molecule has 0 fully saturated rings. The highest BCUT2D eigenvalue weighted by Gasteiger charge is 2.29. The topological polar surface area (TPSA) is 76.3 Å². The summed E-state index contributed by atoms with van der Waals surface area (Å²) in [6, 6.07) is 21.9. The van der Waals surface area contributed by atoms with Crippen molar-refractivity contribution in [2.75, 3.05) is 0 Å². The minimum atomic E-state index is -3.74. The predicted molar refractivity (Wildman–Crippen MR) is 112 cm³/mol. The third-order valence-electron chi connectivity index (χ3n) is 4.68. The Balaban J connectivity index is 1.65. The van der Waals surface area contributed by atoms with Gasteiger partial charge in [0.2, 0.25) is 21.8 Å². The van der Waals surface area contributed by atoms with Crippen LogP contribution in [0, 0.1) is 0 Å². The Hall–Kier alpha value is -3.03. The van der Waals surface area contributed by atoms with Crippen molar-refractivity contribution in [3.63, 3.8) is 0 Å². The second-order valence-corrected chi connectivity index (χ2v) is 8.91. The average molecular weight is 407 g/mol. The smallest absolute Gasteiger partial charge is 0.247 e. The van der Waals surface area contributed by atoms with E-state index in [9.17, 15) is 8.42 Å². The first-order chi connectivity index (χ1) is 13.9. The fourth-order valence-corrected chi connectivity index (χ4v) is 4.78. The van der Waals surface area contributed by atoms with Gasteiger partial charge in [0.1, 0.15) is 0 Å². The molecule has 0 saturated carbocycles. The molecule has 0 amide bonds. The lowest BCUT2D eigenvalue weighted by Crippen LogP contribution is -2.36. The third kappa shape index (κ3) is 3.92. The van der Waals surface area contributed by atoms with Gasteiger partial charge in [0, 0.05) is 11.6 Å². The van der Waals surface area contributed by atoms with Gasteiger partial charge in [-0.25, -0.2) is 8.42 Å². The summed E-state index contributed by atoms with van der Waals surface area (Å²) in [6.07, 6.45) is 0. The molecule has 0 aliphatic heterocycles. The zero-order chi connectivity index (χ0) is 20.4. The van der Waals surface area contributed by atoms with Crippen LogP contribution >= 0.6 is 0 Å². The molecule has 4 rings (SSSR count). The van der Waals surface area contributed by atoms with Crippen LogP contribution in [0.5, 0.6) is 0 Å². The maximum Gasteiger partial charge on any atom is 0.247 e. The van der Waals surface area contributed by atoms with E-state index in [1.807, 2.05) is 74.5 Å². The van der Waals surface area contributed by atoms with Crippen LogP contribution in [0.1, 0.15) is 19.7 Å². The summed E-state index contributed by atoms with van der Waals surface area (Å²) in [5, 5.41) is 9.97. The fourth-order valence-electron chi connectivity index (χ4n) is 3.16. The first-order valence-corrected chi connectivity index (χ1v) is 10.8. The Bertz CT molecular complexity index is 1230. The quantitative estimate of drug-likeness (QED) is 0.471. The van der Waals surface area contributed by atoms with Gasteiger partial charge in [-0.15, -0.1) is 10.2 Å². The van der Waals surface area contributed by atoms with Gasteiger partial charge in [-0.05, 0) is 48.9 Å². The Labute approximate surface area is 169 Å². The minimum absolute atomic E-state index is 0.00661. The van der Waals surface area contributed by atoms with Gasteiger partial charge in [0.05, 0.1) is 11.4 Å². The zero-order valence-corrected chi connectivity index (χ0v) is 17.0. The van der Waals surface area contributed by atoms with Crippen molar-refractivity contribution < 1.29 is 12.8 Å². The van der Waals surface area contributed by atoms with Crippen molar-refractivity contribution in [2.24, 2.45) is 0 Å². The molecule has 0 aliphatic carbocycles. The monoisotopic (exact) mass is 407 g/mol. The van der Waals surface area contributed by atoms with Gasteiger partial charge in [-0.1, -0.05) is 48.5 Å². The first kappa shape index (κ1) is 19.3. The Morgan fingerprint density at radius 1 is 0.897 bits per heavy atom. The Morgan fingerprint density at radius 3 is 2.31 bits per heavy atom. The number of hydrogen-bond donors (Lipinski definition) is 0. The molecule has 0 aliphatic rings. The molecule has 0 bridgehead atoms. The van der Waals surface area contributed by atoms with Crippen molar-refractivity contribution >= 4 is 20.8 Å². The summed E-state index contributed by atoms with van der Waals surface area (Å²) in [4.78, 5) is 0.243. The fraction of sp³-hybridized carbons (Fsp3) is 0.182. The van der Waals surface area contributed by atoms with E-state index < -0.39 is 10.0 Å². The maximum atomic E-state index is 13.3. The molecular weight excluding hydrogens is 386 g/mol. The summed E-state index contributed by atoms with van der Waals surface area (Å²) < 4.78 is 33.8. The molecule has 0 spiro atoms. The van der Waals surface area contributed by atoms with Crippen LogP contribution in [-0.4, -0.2) is 29.0 Å². The van der Waals surface area contributed by atoms with Crippen molar-refractivity contribution in [3.05, 3.63) is 78.7 Å². The summed E-state index contributed by atoms with van der Waals surface area (Å²) in [5.41, 5.74) is 0.791. The van der Waals surface area contributed by atoms with Gasteiger partial charge < -0.3 is 4.42 Å². The number of hydrogen-bond acceptors (Lipinski definition) is 5. The normalized spacial score (nSPS) is 12.1. The lowest BCUT2D eigenvalue weighted by molar-refractivity contribution is 0.313. The highest BCUT2D eigenvalue weighted by atomic mass is 32.2. The molecular formula is C22H21N3O3S. The standard InChI is InChI=1S/C22H21N3O3S/c1-16(2)25(15-21-23-24-22(28-21)18-9-4-3-5-10-18)29(26,27)20-13-12-17-8-6-7-11-19(17)14-20/h3-14,16H,15H2,1-2H3. The van der Waals surface area contributed by atoms with Gasteiger partial charge >= 0.3 is 0 Å². The lowest BCUT2D eigenvalue weighted by Gasteiger charge is -2.24. The number of aromatic nitrogens is 2. The molecule has 0 atom stereocenters. The van der Waals surface area contributed by atoms with E-state index in [0.717, 1.165) is 16.3 Å². The molecule has 3 aromatic carbocycles. The van der Waals surface area contributed by atoms with Crippen molar-refractivity contribution in [1.29, 1.82) is 0 Å². The van der Waals surface area contributed by atoms with Gasteiger partial charge in [0.15, 0.2) is 0 Å². The Morgan fingerprint density at radius 2 is 1.59 bits per heavy atom. The molecule has 29 heavy (non-hydrogen) atoms. The minimum Gasteiger partial charge on any atom is -0.419 e. The van der Waals surface area contributed by atoms with Crippen LogP contribution in [0.3, 0.4) is 0 Å². The van der Waals surface area contributed by atoms with E-state index in [-0.39, 0.29) is 23.4 Å². The maximum absolute atomic E-state index is 13.3. The second-order valence-electron chi connectivity index (χ2n) is 7.02. The van der Waals surface area contributed by atoms with Crippen LogP contribution in [0.25, 0.3) is 22.2 Å². The number of nitrogens with zero attached hydrogens (tertiary/aromatic N) is 3. The van der Waals surface area contributed by atoms with E-state index in [1.165, 1.54) is 4.31 Å². The van der Waals surface area contributed by atoms with E-state index >= 15 is 0 Å². The molecule has 0 radical (unpaired) electrons. The average Bonchev–Trinajstić information content (AvgIpc) is 3.21. The van der Waals surface area contributed by atoms with Gasteiger partial charge in [-0.3, -0.25) is 0 Å². The first-order valence-electron chi connectivity index (χ1n) is 9.33. The van der Waals surface area contributed by atoms with Crippen molar-refractivity contribution in [1.82, 2.24) is 14.5 Å². The number of rotatable bonds is 6. The highest BCUT2D eigenvalue weighted by molar-refractivity contribution is 7.89. The SMILES string of the molecule is CC(C)N(Cc1nnc(-c2ccccc2)o1)S(=O)(=O)c1ccc2ccccc2c1. The highest BCUT2D eigenvalue weighted by Crippen LogP contribution is 2.25. The lowest BCUT2D eigenvalue weighted by atomic mass is 10.1. The van der Waals surface area contributed by atoms with E-state index in [2.05, 4.69) is 10.2 Å². The van der Waals surface area contributed by atoms with E-state index in [1.54, 1.807) is 12.1 Å². The molecule has 6 nitrogen and oxygen atoms in total. The molecule has 1 aromatic heterocycles. The van der Waals surface area contributed by atoms with Crippen molar-refractivity contribution in [3.8, 4) is 11.5 Å². The van der Waals surface area contributed by atoms with Crippen LogP contribution < -0.4 is 0 Å². The number of benzene rings is 3. The van der Waals surface area contributed by atoms with Crippen LogP contribution in [0.15, 0.2) is 82.1 Å².